The minimum atomic E-state index is -0.895. The SMILES string of the molecule is O=C(O)c1cccc(NCCCc2ccccc2)c1. The maximum atomic E-state index is 10.8. The highest BCUT2D eigenvalue weighted by Gasteiger charge is 2.02. The van der Waals surface area contributed by atoms with E-state index in [4.69, 9.17) is 5.11 Å². The molecule has 0 amide bonds. The van der Waals surface area contributed by atoms with Crippen LogP contribution in [0.15, 0.2) is 54.6 Å². The average molecular weight is 255 g/mol. The summed E-state index contributed by atoms with van der Waals surface area (Å²) in [6.45, 7) is 0.831. The number of carboxylic acids is 1. The van der Waals surface area contributed by atoms with Gasteiger partial charge >= 0.3 is 5.97 Å². The number of carbonyl (C=O) groups is 1. The first kappa shape index (κ1) is 13.1. The van der Waals surface area contributed by atoms with Crippen LogP contribution < -0.4 is 5.32 Å². The third kappa shape index (κ3) is 4.14. The maximum Gasteiger partial charge on any atom is 0.335 e. The normalized spacial score (nSPS) is 10.1. The van der Waals surface area contributed by atoms with Crippen LogP contribution in [0.1, 0.15) is 22.3 Å². The lowest BCUT2D eigenvalue weighted by molar-refractivity contribution is 0.0697. The van der Waals surface area contributed by atoms with Gasteiger partial charge in [-0.15, -0.1) is 0 Å². The molecule has 0 aliphatic rings. The van der Waals surface area contributed by atoms with Crippen molar-refractivity contribution in [2.75, 3.05) is 11.9 Å². The summed E-state index contributed by atoms with van der Waals surface area (Å²) in [7, 11) is 0. The van der Waals surface area contributed by atoms with E-state index in [-0.39, 0.29) is 0 Å². The van der Waals surface area contributed by atoms with Crippen molar-refractivity contribution in [2.24, 2.45) is 0 Å². The molecule has 0 radical (unpaired) electrons. The third-order valence-corrected chi connectivity index (χ3v) is 2.92. The molecule has 2 rings (SSSR count). The quantitative estimate of drug-likeness (QED) is 0.777. The molecule has 0 saturated heterocycles. The van der Waals surface area contributed by atoms with E-state index in [1.807, 2.05) is 24.3 Å². The number of hydrogen-bond acceptors (Lipinski definition) is 2. The van der Waals surface area contributed by atoms with E-state index in [1.165, 1.54) is 5.56 Å². The standard InChI is InChI=1S/C16H17NO2/c18-16(19)14-9-4-10-15(12-14)17-11-5-8-13-6-2-1-3-7-13/h1-4,6-7,9-10,12,17H,5,8,11H2,(H,18,19). The monoisotopic (exact) mass is 255 g/mol. The van der Waals surface area contributed by atoms with Crippen LogP contribution in [0.3, 0.4) is 0 Å². The molecule has 2 N–H and O–H groups in total. The first-order valence-corrected chi connectivity index (χ1v) is 6.37. The van der Waals surface area contributed by atoms with E-state index >= 15 is 0 Å². The lowest BCUT2D eigenvalue weighted by Crippen LogP contribution is -2.04. The van der Waals surface area contributed by atoms with Gasteiger partial charge in [0.1, 0.15) is 0 Å². The van der Waals surface area contributed by atoms with Crippen LogP contribution >= 0.6 is 0 Å². The van der Waals surface area contributed by atoms with Gasteiger partial charge in [-0.3, -0.25) is 0 Å². The van der Waals surface area contributed by atoms with Gasteiger partial charge in [0.2, 0.25) is 0 Å². The second kappa shape index (κ2) is 6.59. The van der Waals surface area contributed by atoms with Crippen LogP contribution in [0.4, 0.5) is 5.69 Å². The molecular formula is C16H17NO2. The molecule has 2 aromatic carbocycles. The summed E-state index contributed by atoms with van der Waals surface area (Å²) in [6, 6.07) is 17.2. The number of carboxylic acid groups (broad SMARTS) is 1. The van der Waals surface area contributed by atoms with Crippen molar-refractivity contribution in [3.8, 4) is 0 Å². The Morgan fingerprint density at radius 1 is 1.05 bits per heavy atom. The molecule has 3 heteroatoms. The number of aryl methyl sites for hydroxylation is 1. The highest BCUT2D eigenvalue weighted by molar-refractivity contribution is 5.88. The molecule has 0 atom stereocenters. The van der Waals surface area contributed by atoms with Crippen molar-refractivity contribution in [2.45, 2.75) is 12.8 Å². The molecule has 3 nitrogen and oxygen atoms in total. The lowest BCUT2D eigenvalue weighted by atomic mass is 10.1. The summed E-state index contributed by atoms with van der Waals surface area (Å²) in [6.07, 6.45) is 2.04. The second-order valence-corrected chi connectivity index (χ2v) is 4.40. The number of nitrogens with one attached hydrogen (secondary N) is 1. The molecule has 0 unspecified atom stereocenters. The van der Waals surface area contributed by atoms with Crippen LogP contribution in [0.5, 0.6) is 0 Å². The Bertz CT molecular complexity index is 537. The van der Waals surface area contributed by atoms with Crippen LogP contribution in [-0.2, 0) is 6.42 Å². The summed E-state index contributed by atoms with van der Waals surface area (Å²) >= 11 is 0. The Kier molecular flexibility index (Phi) is 4.56. The van der Waals surface area contributed by atoms with E-state index < -0.39 is 5.97 Å². The number of hydrogen-bond donors (Lipinski definition) is 2. The van der Waals surface area contributed by atoms with Gasteiger partial charge in [-0.05, 0) is 36.6 Å². The molecule has 0 heterocycles. The van der Waals surface area contributed by atoms with Gasteiger partial charge in [-0.1, -0.05) is 36.4 Å². The van der Waals surface area contributed by atoms with E-state index in [2.05, 4.69) is 17.4 Å². The number of aromatic carboxylic acids is 1. The van der Waals surface area contributed by atoms with Gasteiger partial charge < -0.3 is 10.4 Å². The van der Waals surface area contributed by atoms with Gasteiger partial charge in [0.15, 0.2) is 0 Å². The van der Waals surface area contributed by atoms with Gasteiger partial charge in [-0.25, -0.2) is 4.79 Å². The highest BCUT2D eigenvalue weighted by atomic mass is 16.4. The Hall–Kier alpha value is -2.29. The molecule has 2 aromatic rings. The van der Waals surface area contributed by atoms with E-state index in [9.17, 15) is 4.79 Å². The zero-order valence-electron chi connectivity index (χ0n) is 10.7. The Morgan fingerprint density at radius 2 is 1.84 bits per heavy atom. The van der Waals surface area contributed by atoms with Crippen LogP contribution in [0.25, 0.3) is 0 Å². The highest BCUT2D eigenvalue weighted by Crippen LogP contribution is 2.11. The summed E-state index contributed by atoms with van der Waals surface area (Å²) in [4.78, 5) is 10.8. The Labute approximate surface area is 112 Å². The molecule has 0 aliphatic heterocycles. The van der Waals surface area contributed by atoms with Crippen molar-refractivity contribution in [3.63, 3.8) is 0 Å². The zero-order chi connectivity index (χ0) is 13.5. The molecule has 0 aromatic heterocycles. The lowest BCUT2D eigenvalue weighted by Gasteiger charge is -2.07. The first-order valence-electron chi connectivity index (χ1n) is 6.37. The molecule has 0 aliphatic carbocycles. The van der Waals surface area contributed by atoms with E-state index in [1.54, 1.807) is 18.2 Å². The van der Waals surface area contributed by atoms with Gasteiger partial charge in [0, 0.05) is 12.2 Å². The fraction of sp³-hybridized carbons (Fsp3) is 0.188. The zero-order valence-corrected chi connectivity index (χ0v) is 10.7. The predicted molar refractivity (Wildman–Crippen MR) is 76.7 cm³/mol. The van der Waals surface area contributed by atoms with Gasteiger partial charge in [0.25, 0.3) is 0 Å². The van der Waals surface area contributed by atoms with Crippen molar-refractivity contribution in [1.82, 2.24) is 0 Å². The van der Waals surface area contributed by atoms with E-state index in [0.717, 1.165) is 25.1 Å². The summed E-state index contributed by atoms with van der Waals surface area (Å²) < 4.78 is 0. The fourth-order valence-corrected chi connectivity index (χ4v) is 1.93. The molecule has 0 spiro atoms. The number of rotatable bonds is 6. The van der Waals surface area contributed by atoms with Gasteiger partial charge in [0.05, 0.1) is 5.56 Å². The second-order valence-electron chi connectivity index (χ2n) is 4.40. The predicted octanol–water partition coefficient (Wildman–Crippen LogP) is 3.43. The van der Waals surface area contributed by atoms with Crippen molar-refractivity contribution >= 4 is 11.7 Å². The number of benzene rings is 2. The van der Waals surface area contributed by atoms with Crippen LogP contribution in [0, 0.1) is 0 Å². The van der Waals surface area contributed by atoms with Crippen molar-refractivity contribution < 1.29 is 9.90 Å². The maximum absolute atomic E-state index is 10.8. The number of anilines is 1. The first-order chi connectivity index (χ1) is 9.25. The molecule has 19 heavy (non-hydrogen) atoms. The van der Waals surface area contributed by atoms with Gasteiger partial charge in [-0.2, -0.15) is 0 Å². The van der Waals surface area contributed by atoms with E-state index in [0.29, 0.717) is 5.56 Å². The summed E-state index contributed by atoms with van der Waals surface area (Å²) in [5.74, 6) is -0.895. The molecular weight excluding hydrogens is 238 g/mol. The molecule has 0 bridgehead atoms. The smallest absolute Gasteiger partial charge is 0.335 e. The molecule has 0 saturated carbocycles. The minimum Gasteiger partial charge on any atom is -0.478 e. The molecule has 98 valence electrons. The third-order valence-electron chi connectivity index (χ3n) is 2.92. The summed E-state index contributed by atoms with van der Waals surface area (Å²) in [5, 5.41) is 12.1. The largest absolute Gasteiger partial charge is 0.478 e. The minimum absolute atomic E-state index is 0.313. The van der Waals surface area contributed by atoms with Crippen LogP contribution in [0.2, 0.25) is 0 Å². The fourth-order valence-electron chi connectivity index (χ4n) is 1.93. The van der Waals surface area contributed by atoms with Crippen LogP contribution in [-0.4, -0.2) is 17.6 Å². The van der Waals surface area contributed by atoms with Crippen molar-refractivity contribution in [3.05, 3.63) is 65.7 Å². The topological polar surface area (TPSA) is 49.3 Å². The Morgan fingerprint density at radius 3 is 2.58 bits per heavy atom. The summed E-state index contributed by atoms with van der Waals surface area (Å²) in [5.41, 5.74) is 2.49. The van der Waals surface area contributed by atoms with Crippen molar-refractivity contribution in [1.29, 1.82) is 0 Å². The molecule has 0 fully saturated rings. The Balaban J connectivity index is 1.80. The average Bonchev–Trinajstić information content (AvgIpc) is 2.45.